The van der Waals surface area contributed by atoms with Crippen molar-refractivity contribution in [1.82, 2.24) is 19.7 Å². The molecule has 2 fully saturated rings. The number of aliphatic carboxylic acids is 1. The number of hydrogen-bond acceptors (Lipinski definition) is 4. The summed E-state index contributed by atoms with van der Waals surface area (Å²) in [5, 5.41) is 17.9. The second-order valence-electron chi connectivity index (χ2n) is 7.67. The first-order valence-electron chi connectivity index (χ1n) is 9.60. The third-order valence-electron chi connectivity index (χ3n) is 6.16. The molecular formula is C18H26N4O3. The van der Waals surface area contributed by atoms with Crippen molar-refractivity contribution in [2.75, 3.05) is 13.1 Å². The Kier molecular flexibility index (Phi) is 4.48. The van der Waals surface area contributed by atoms with Crippen molar-refractivity contribution in [3.05, 3.63) is 11.6 Å². The van der Waals surface area contributed by atoms with E-state index in [1.54, 1.807) is 0 Å². The highest BCUT2D eigenvalue weighted by atomic mass is 16.4. The standard InChI is InChI=1S/C18H26N4O3/c23-17(13-4-2-1-3-5-13)21-10-8-12(9-11-21)16-20-19-15-7-6-14(18(24)25)22(15)16/h12-14H,1-11H2,(H,24,25). The minimum absolute atomic E-state index is 0.205. The lowest BCUT2D eigenvalue weighted by Crippen LogP contribution is -2.42. The molecule has 7 nitrogen and oxygen atoms in total. The van der Waals surface area contributed by atoms with Gasteiger partial charge in [0.1, 0.15) is 17.7 Å². The van der Waals surface area contributed by atoms with E-state index in [1.165, 1.54) is 19.3 Å². The van der Waals surface area contributed by atoms with Gasteiger partial charge in [-0.1, -0.05) is 19.3 Å². The van der Waals surface area contributed by atoms with Crippen molar-refractivity contribution in [1.29, 1.82) is 0 Å². The Morgan fingerprint density at radius 3 is 2.36 bits per heavy atom. The van der Waals surface area contributed by atoms with Crippen LogP contribution in [0.5, 0.6) is 0 Å². The maximum atomic E-state index is 12.7. The summed E-state index contributed by atoms with van der Waals surface area (Å²) in [5.41, 5.74) is 0. The smallest absolute Gasteiger partial charge is 0.326 e. The summed E-state index contributed by atoms with van der Waals surface area (Å²) in [6.45, 7) is 1.50. The van der Waals surface area contributed by atoms with E-state index in [4.69, 9.17) is 0 Å². The number of nitrogens with zero attached hydrogens (tertiary/aromatic N) is 4. The number of carbonyl (C=O) groups excluding carboxylic acids is 1. The van der Waals surface area contributed by atoms with Crippen molar-refractivity contribution in [3.63, 3.8) is 0 Å². The van der Waals surface area contributed by atoms with Crippen LogP contribution in [0.3, 0.4) is 0 Å². The lowest BCUT2D eigenvalue weighted by molar-refractivity contribution is -0.140. The highest BCUT2D eigenvalue weighted by Crippen LogP contribution is 2.35. The molecule has 1 aliphatic carbocycles. The number of carboxylic acids is 1. The second kappa shape index (κ2) is 6.77. The molecule has 1 amide bonds. The molecule has 3 aliphatic rings. The van der Waals surface area contributed by atoms with Gasteiger partial charge in [0, 0.05) is 31.3 Å². The number of carbonyl (C=O) groups is 2. The Morgan fingerprint density at radius 1 is 0.960 bits per heavy atom. The molecule has 0 bridgehead atoms. The summed E-state index contributed by atoms with van der Waals surface area (Å²) in [6, 6.07) is -0.526. The van der Waals surface area contributed by atoms with E-state index in [0.717, 1.165) is 50.4 Å². The monoisotopic (exact) mass is 346 g/mol. The van der Waals surface area contributed by atoms with Crippen molar-refractivity contribution >= 4 is 11.9 Å². The summed E-state index contributed by atoms with van der Waals surface area (Å²) < 4.78 is 1.84. The van der Waals surface area contributed by atoms with Crippen LogP contribution >= 0.6 is 0 Å². The predicted molar refractivity (Wildman–Crippen MR) is 90.1 cm³/mol. The fourth-order valence-electron chi connectivity index (χ4n) is 4.72. The van der Waals surface area contributed by atoms with E-state index in [9.17, 15) is 14.7 Å². The van der Waals surface area contributed by atoms with Gasteiger partial charge in [-0.3, -0.25) is 4.79 Å². The molecule has 1 aromatic heterocycles. The van der Waals surface area contributed by atoms with Gasteiger partial charge in [-0.25, -0.2) is 4.79 Å². The number of rotatable bonds is 3. The van der Waals surface area contributed by atoms with Crippen LogP contribution in [0.4, 0.5) is 0 Å². The third kappa shape index (κ3) is 3.04. The first-order valence-corrected chi connectivity index (χ1v) is 9.60. The average molecular weight is 346 g/mol. The quantitative estimate of drug-likeness (QED) is 0.906. The molecular weight excluding hydrogens is 320 g/mol. The Hall–Kier alpha value is -1.92. The average Bonchev–Trinajstić information content (AvgIpc) is 3.24. The molecule has 3 heterocycles. The molecule has 136 valence electrons. The summed E-state index contributed by atoms with van der Waals surface area (Å²) in [7, 11) is 0. The first kappa shape index (κ1) is 16.5. The maximum Gasteiger partial charge on any atom is 0.326 e. The van der Waals surface area contributed by atoms with Crippen molar-refractivity contribution in [2.24, 2.45) is 5.92 Å². The van der Waals surface area contributed by atoms with E-state index in [2.05, 4.69) is 10.2 Å². The predicted octanol–water partition coefficient (Wildman–Crippen LogP) is 2.14. The molecule has 25 heavy (non-hydrogen) atoms. The zero-order chi connectivity index (χ0) is 17.4. The van der Waals surface area contributed by atoms with Crippen LogP contribution in [0.15, 0.2) is 0 Å². The van der Waals surface area contributed by atoms with Gasteiger partial charge in [0.15, 0.2) is 0 Å². The largest absolute Gasteiger partial charge is 0.480 e. The summed E-state index contributed by atoms with van der Waals surface area (Å²) in [6.07, 6.45) is 8.67. The topological polar surface area (TPSA) is 88.3 Å². The number of fused-ring (bicyclic) bond motifs is 1. The lowest BCUT2D eigenvalue weighted by Gasteiger charge is -2.35. The molecule has 0 spiro atoms. The fourth-order valence-corrected chi connectivity index (χ4v) is 4.72. The fraction of sp³-hybridized carbons (Fsp3) is 0.778. The summed E-state index contributed by atoms with van der Waals surface area (Å²) in [4.78, 5) is 26.2. The summed E-state index contributed by atoms with van der Waals surface area (Å²) >= 11 is 0. The molecule has 1 N–H and O–H groups in total. The number of aromatic nitrogens is 3. The van der Waals surface area contributed by atoms with Crippen LogP contribution in [-0.2, 0) is 16.0 Å². The Balaban J connectivity index is 1.41. The van der Waals surface area contributed by atoms with Crippen LogP contribution in [0, 0.1) is 5.92 Å². The second-order valence-corrected chi connectivity index (χ2v) is 7.67. The molecule has 4 rings (SSSR count). The van der Waals surface area contributed by atoms with Crippen LogP contribution in [0.2, 0.25) is 0 Å². The van der Waals surface area contributed by atoms with Crippen molar-refractivity contribution < 1.29 is 14.7 Å². The number of carboxylic acid groups (broad SMARTS) is 1. The van der Waals surface area contributed by atoms with Crippen LogP contribution < -0.4 is 0 Å². The third-order valence-corrected chi connectivity index (χ3v) is 6.16. The van der Waals surface area contributed by atoms with E-state index in [0.29, 0.717) is 18.7 Å². The van der Waals surface area contributed by atoms with E-state index >= 15 is 0 Å². The Morgan fingerprint density at radius 2 is 1.68 bits per heavy atom. The zero-order valence-electron chi connectivity index (χ0n) is 14.6. The minimum atomic E-state index is -0.801. The number of amides is 1. The van der Waals surface area contributed by atoms with Gasteiger partial charge in [0.25, 0.3) is 0 Å². The SMILES string of the molecule is O=C(O)C1CCc2nnc(C3CCN(C(=O)C4CCCCC4)CC3)n21. The summed E-state index contributed by atoms with van der Waals surface area (Å²) in [5.74, 6) is 1.56. The number of aryl methyl sites for hydroxylation is 1. The minimum Gasteiger partial charge on any atom is -0.480 e. The van der Waals surface area contributed by atoms with Gasteiger partial charge in [-0.2, -0.15) is 0 Å². The van der Waals surface area contributed by atoms with Crippen LogP contribution in [0.1, 0.15) is 75.0 Å². The van der Waals surface area contributed by atoms with Gasteiger partial charge >= 0.3 is 5.97 Å². The van der Waals surface area contributed by atoms with Gasteiger partial charge in [0.2, 0.25) is 5.91 Å². The van der Waals surface area contributed by atoms with Gasteiger partial charge in [-0.05, 0) is 32.1 Å². The van der Waals surface area contributed by atoms with E-state index in [-0.39, 0.29) is 11.8 Å². The van der Waals surface area contributed by atoms with E-state index < -0.39 is 12.0 Å². The Bertz CT molecular complexity index is 657. The lowest BCUT2D eigenvalue weighted by atomic mass is 9.87. The van der Waals surface area contributed by atoms with Gasteiger partial charge in [0.05, 0.1) is 0 Å². The molecule has 1 saturated carbocycles. The molecule has 7 heteroatoms. The Labute approximate surface area is 147 Å². The van der Waals surface area contributed by atoms with Crippen LogP contribution in [0.25, 0.3) is 0 Å². The molecule has 2 aliphatic heterocycles. The molecule has 1 atom stereocenters. The molecule has 0 radical (unpaired) electrons. The maximum absolute atomic E-state index is 12.7. The molecule has 1 aromatic rings. The van der Waals surface area contributed by atoms with Gasteiger partial charge < -0.3 is 14.6 Å². The first-order chi connectivity index (χ1) is 12.1. The normalized spacial score (nSPS) is 25.1. The molecule has 0 aromatic carbocycles. The van der Waals surface area contributed by atoms with E-state index in [1.807, 2.05) is 9.47 Å². The highest BCUT2D eigenvalue weighted by molar-refractivity contribution is 5.79. The number of likely N-dealkylation sites (tertiary alicyclic amines) is 1. The van der Waals surface area contributed by atoms with Gasteiger partial charge in [-0.15, -0.1) is 10.2 Å². The van der Waals surface area contributed by atoms with Crippen molar-refractivity contribution in [2.45, 2.75) is 69.7 Å². The number of piperidine rings is 1. The van der Waals surface area contributed by atoms with Crippen LogP contribution in [-0.4, -0.2) is 49.7 Å². The molecule has 1 saturated heterocycles. The molecule has 1 unspecified atom stereocenters. The highest BCUT2D eigenvalue weighted by Gasteiger charge is 2.36. The zero-order valence-corrected chi connectivity index (χ0v) is 14.6. The van der Waals surface area contributed by atoms with Crippen molar-refractivity contribution in [3.8, 4) is 0 Å². The number of hydrogen-bond donors (Lipinski definition) is 1.